The quantitative estimate of drug-likeness (QED) is 0.599. The van der Waals surface area contributed by atoms with Gasteiger partial charge in [-0.05, 0) is 17.7 Å². The summed E-state index contributed by atoms with van der Waals surface area (Å²) in [6.07, 6.45) is 5.38. The van der Waals surface area contributed by atoms with Gasteiger partial charge < -0.3 is 10.7 Å². The summed E-state index contributed by atoms with van der Waals surface area (Å²) in [6.45, 7) is 0. The molecule has 0 saturated heterocycles. The van der Waals surface area contributed by atoms with E-state index in [4.69, 9.17) is 5.73 Å². The molecule has 0 aliphatic carbocycles. The van der Waals surface area contributed by atoms with Gasteiger partial charge in [-0.3, -0.25) is 9.59 Å². The van der Waals surface area contributed by atoms with Gasteiger partial charge in [-0.15, -0.1) is 0 Å². The Hall–Kier alpha value is -2.36. The highest BCUT2D eigenvalue weighted by molar-refractivity contribution is 5.98. The molecular formula is C12H10N2O2. The molecule has 0 saturated carbocycles. The van der Waals surface area contributed by atoms with Crippen LogP contribution in [0.1, 0.15) is 15.9 Å². The monoisotopic (exact) mass is 214 g/mol. The zero-order chi connectivity index (χ0) is 11.5. The first-order valence-electron chi connectivity index (χ1n) is 4.74. The molecule has 2 aromatic rings. The molecule has 1 aromatic heterocycles. The number of hydrogen-bond acceptors (Lipinski definition) is 2. The van der Waals surface area contributed by atoms with Crippen LogP contribution in [-0.4, -0.2) is 17.2 Å². The lowest BCUT2D eigenvalue weighted by Crippen LogP contribution is -2.04. The van der Waals surface area contributed by atoms with E-state index in [2.05, 4.69) is 4.98 Å². The number of nitrogens with one attached hydrogen (secondary N) is 1. The Morgan fingerprint density at radius 1 is 1.38 bits per heavy atom. The molecule has 1 aromatic carbocycles. The highest BCUT2D eigenvalue weighted by atomic mass is 16.1. The summed E-state index contributed by atoms with van der Waals surface area (Å²) in [7, 11) is 0. The van der Waals surface area contributed by atoms with Gasteiger partial charge in [0.05, 0.1) is 0 Å². The van der Waals surface area contributed by atoms with Crippen molar-refractivity contribution in [1.82, 2.24) is 4.98 Å². The Kier molecular flexibility index (Phi) is 2.55. The van der Waals surface area contributed by atoms with E-state index >= 15 is 0 Å². The normalized spacial score (nSPS) is 11.0. The van der Waals surface area contributed by atoms with Crippen LogP contribution in [0.3, 0.4) is 0 Å². The Bertz CT molecular complexity index is 582. The van der Waals surface area contributed by atoms with E-state index < -0.39 is 5.91 Å². The second-order valence-corrected chi connectivity index (χ2v) is 3.40. The summed E-state index contributed by atoms with van der Waals surface area (Å²) in [5.74, 6) is -0.486. The van der Waals surface area contributed by atoms with Crippen LogP contribution in [0.5, 0.6) is 0 Å². The summed E-state index contributed by atoms with van der Waals surface area (Å²) in [4.78, 5) is 24.2. The predicted molar refractivity (Wildman–Crippen MR) is 61.9 cm³/mol. The highest BCUT2D eigenvalue weighted by Gasteiger charge is 2.01. The summed E-state index contributed by atoms with van der Waals surface area (Å²) < 4.78 is 0. The van der Waals surface area contributed by atoms with Crippen molar-refractivity contribution in [3.05, 3.63) is 41.6 Å². The fourth-order valence-electron chi connectivity index (χ4n) is 1.55. The lowest BCUT2D eigenvalue weighted by Gasteiger charge is -1.94. The number of nitrogens with two attached hydrogens (primary N) is 1. The molecule has 2 rings (SSSR count). The minimum absolute atomic E-state index is 0.486. The number of fused-ring (bicyclic) bond motifs is 1. The Balaban J connectivity index is 2.45. The molecule has 0 bridgehead atoms. The Morgan fingerprint density at radius 3 is 2.88 bits per heavy atom. The van der Waals surface area contributed by atoms with Gasteiger partial charge >= 0.3 is 0 Å². The summed E-state index contributed by atoms with van der Waals surface area (Å²) in [6, 6.07) is 5.50. The topological polar surface area (TPSA) is 76.0 Å². The molecule has 4 nitrogen and oxygen atoms in total. The second-order valence-electron chi connectivity index (χ2n) is 3.40. The van der Waals surface area contributed by atoms with Gasteiger partial charge in [0.25, 0.3) is 0 Å². The summed E-state index contributed by atoms with van der Waals surface area (Å²) >= 11 is 0. The van der Waals surface area contributed by atoms with Gasteiger partial charge in [0.15, 0.2) is 6.29 Å². The van der Waals surface area contributed by atoms with Crippen LogP contribution in [0.25, 0.3) is 17.0 Å². The molecule has 1 heterocycles. The average molecular weight is 214 g/mol. The number of carbonyl (C=O) groups excluding carboxylic acids is 2. The molecule has 4 heteroatoms. The van der Waals surface area contributed by atoms with Gasteiger partial charge in [-0.1, -0.05) is 12.1 Å². The standard InChI is InChI=1S/C12H10N2O2/c13-12(16)4-2-8-1-3-10-9(7-15)6-14-11(10)5-8/h1-7,14H,(H2,13,16). The second kappa shape index (κ2) is 4.02. The zero-order valence-electron chi connectivity index (χ0n) is 8.44. The van der Waals surface area contributed by atoms with Crippen LogP contribution < -0.4 is 5.73 Å². The van der Waals surface area contributed by atoms with Crippen molar-refractivity contribution in [2.45, 2.75) is 0 Å². The van der Waals surface area contributed by atoms with E-state index in [-0.39, 0.29) is 0 Å². The third kappa shape index (κ3) is 1.86. The van der Waals surface area contributed by atoms with Crippen molar-refractivity contribution in [3.8, 4) is 0 Å². The van der Waals surface area contributed by atoms with Gasteiger partial charge in [-0.25, -0.2) is 0 Å². The van der Waals surface area contributed by atoms with Crippen LogP contribution in [0.4, 0.5) is 0 Å². The van der Waals surface area contributed by atoms with Crippen molar-refractivity contribution in [3.63, 3.8) is 0 Å². The number of hydrogen-bond donors (Lipinski definition) is 2. The first kappa shape index (κ1) is 10.2. The fraction of sp³-hybridized carbons (Fsp3) is 0. The van der Waals surface area contributed by atoms with Crippen LogP contribution in [0.15, 0.2) is 30.5 Å². The van der Waals surface area contributed by atoms with E-state index in [1.807, 2.05) is 18.2 Å². The van der Waals surface area contributed by atoms with Crippen molar-refractivity contribution in [1.29, 1.82) is 0 Å². The molecule has 3 N–H and O–H groups in total. The minimum Gasteiger partial charge on any atom is -0.366 e. The Labute approximate surface area is 91.8 Å². The maximum Gasteiger partial charge on any atom is 0.241 e. The number of aldehydes is 1. The largest absolute Gasteiger partial charge is 0.366 e. The molecular weight excluding hydrogens is 204 g/mol. The lowest BCUT2D eigenvalue weighted by molar-refractivity contribution is -0.113. The molecule has 16 heavy (non-hydrogen) atoms. The van der Waals surface area contributed by atoms with E-state index in [1.54, 1.807) is 12.3 Å². The summed E-state index contributed by atoms with van der Waals surface area (Å²) in [5, 5.41) is 0.867. The lowest BCUT2D eigenvalue weighted by atomic mass is 10.1. The SMILES string of the molecule is NC(=O)C=Cc1ccc2c(C=O)c[nH]c2c1. The number of aromatic nitrogens is 1. The highest BCUT2D eigenvalue weighted by Crippen LogP contribution is 2.18. The average Bonchev–Trinajstić information content (AvgIpc) is 2.68. The number of aromatic amines is 1. The van der Waals surface area contributed by atoms with Gasteiger partial charge in [-0.2, -0.15) is 0 Å². The third-order valence-electron chi connectivity index (χ3n) is 2.30. The molecule has 0 aliphatic rings. The molecule has 80 valence electrons. The van der Waals surface area contributed by atoms with E-state index in [0.29, 0.717) is 5.56 Å². The van der Waals surface area contributed by atoms with Gasteiger partial charge in [0.2, 0.25) is 5.91 Å². The van der Waals surface area contributed by atoms with Crippen molar-refractivity contribution in [2.24, 2.45) is 5.73 Å². The van der Waals surface area contributed by atoms with Crippen LogP contribution in [0.2, 0.25) is 0 Å². The van der Waals surface area contributed by atoms with Crippen molar-refractivity contribution < 1.29 is 9.59 Å². The van der Waals surface area contributed by atoms with Crippen molar-refractivity contribution in [2.75, 3.05) is 0 Å². The Morgan fingerprint density at radius 2 is 2.19 bits per heavy atom. The van der Waals surface area contributed by atoms with E-state index in [1.165, 1.54) is 6.08 Å². The van der Waals surface area contributed by atoms with Crippen LogP contribution >= 0.6 is 0 Å². The molecule has 1 amide bonds. The first-order valence-corrected chi connectivity index (χ1v) is 4.74. The number of benzene rings is 1. The number of rotatable bonds is 3. The zero-order valence-corrected chi connectivity index (χ0v) is 8.44. The van der Waals surface area contributed by atoms with E-state index in [0.717, 1.165) is 22.8 Å². The molecule has 0 atom stereocenters. The minimum atomic E-state index is -0.486. The maximum absolute atomic E-state index is 10.7. The number of H-pyrrole nitrogens is 1. The van der Waals surface area contributed by atoms with Crippen LogP contribution in [-0.2, 0) is 4.79 Å². The maximum atomic E-state index is 10.7. The van der Waals surface area contributed by atoms with Gasteiger partial charge in [0.1, 0.15) is 0 Å². The number of primary amides is 1. The van der Waals surface area contributed by atoms with E-state index in [9.17, 15) is 9.59 Å². The number of carbonyl (C=O) groups is 2. The van der Waals surface area contributed by atoms with Crippen LogP contribution in [0, 0.1) is 0 Å². The third-order valence-corrected chi connectivity index (χ3v) is 2.30. The fourth-order valence-corrected chi connectivity index (χ4v) is 1.55. The molecule has 0 aliphatic heterocycles. The molecule has 0 spiro atoms. The summed E-state index contributed by atoms with van der Waals surface area (Å²) in [5.41, 5.74) is 7.33. The first-order chi connectivity index (χ1) is 7.70. The molecule has 0 unspecified atom stereocenters. The molecule has 0 fully saturated rings. The van der Waals surface area contributed by atoms with Gasteiger partial charge in [0, 0.05) is 28.7 Å². The smallest absolute Gasteiger partial charge is 0.241 e. The number of amides is 1. The van der Waals surface area contributed by atoms with Crippen molar-refractivity contribution >= 4 is 29.2 Å². The molecule has 0 radical (unpaired) electrons. The predicted octanol–water partition coefficient (Wildman–Crippen LogP) is 1.48.